The predicted octanol–water partition coefficient (Wildman–Crippen LogP) is 5.30. The lowest BCUT2D eigenvalue weighted by Gasteiger charge is -2.34. The normalized spacial score (nSPS) is 20.2. The largest absolute Gasteiger partial charge is 0.378 e. The Morgan fingerprint density at radius 3 is 2.17 bits per heavy atom. The fourth-order valence-corrected chi connectivity index (χ4v) is 5.81. The average molecular weight is 504 g/mol. The van der Waals surface area contributed by atoms with Crippen molar-refractivity contribution in [1.29, 1.82) is 0 Å². The third-order valence-electron chi connectivity index (χ3n) is 6.27. The third kappa shape index (κ3) is 7.90. The fourth-order valence-electron chi connectivity index (χ4n) is 4.13. The number of nitrogens with zero attached hydrogens (tertiary/aromatic N) is 2. The molecular weight excluding hydrogens is 464 g/mol. The van der Waals surface area contributed by atoms with Crippen molar-refractivity contribution in [2.75, 3.05) is 33.3 Å². The van der Waals surface area contributed by atoms with E-state index < -0.39 is 10.0 Å². The molecular formula is C23H39BrN2O3S. The first-order valence-electron chi connectivity index (χ1n) is 11.5. The van der Waals surface area contributed by atoms with E-state index in [0.717, 1.165) is 56.3 Å². The molecule has 0 unspecified atom stereocenters. The molecule has 0 amide bonds. The zero-order valence-corrected chi connectivity index (χ0v) is 21.3. The summed E-state index contributed by atoms with van der Waals surface area (Å²) in [5.74, 6) is 0. The molecule has 0 aliphatic heterocycles. The first-order valence-corrected chi connectivity index (χ1v) is 13.7. The highest BCUT2D eigenvalue weighted by Gasteiger charge is 2.31. The molecule has 172 valence electrons. The third-order valence-corrected chi connectivity index (χ3v) is 8.72. The minimum Gasteiger partial charge on any atom is -0.378 e. The van der Waals surface area contributed by atoms with E-state index in [0.29, 0.717) is 4.90 Å². The van der Waals surface area contributed by atoms with Crippen molar-refractivity contribution in [3.8, 4) is 0 Å². The zero-order valence-electron chi connectivity index (χ0n) is 18.9. The Bertz CT molecular complexity index is 700. The summed E-state index contributed by atoms with van der Waals surface area (Å²) in [5, 5.41) is 0. The Kier molecular flexibility index (Phi) is 11.3. The highest BCUT2D eigenvalue weighted by molar-refractivity contribution is 9.10. The Morgan fingerprint density at radius 1 is 0.967 bits per heavy atom. The van der Waals surface area contributed by atoms with Crippen LogP contribution in [-0.2, 0) is 14.8 Å². The van der Waals surface area contributed by atoms with Gasteiger partial charge in [-0.15, -0.1) is 0 Å². The van der Waals surface area contributed by atoms with Gasteiger partial charge in [0.1, 0.15) is 0 Å². The Labute approximate surface area is 192 Å². The van der Waals surface area contributed by atoms with E-state index in [9.17, 15) is 8.42 Å². The number of unbranched alkanes of at least 4 members (excludes halogenated alkanes) is 3. The Morgan fingerprint density at radius 2 is 1.57 bits per heavy atom. The number of sulfonamides is 1. The van der Waals surface area contributed by atoms with Crippen LogP contribution in [0, 0.1) is 0 Å². The lowest BCUT2D eigenvalue weighted by molar-refractivity contribution is 0.0156. The van der Waals surface area contributed by atoms with Gasteiger partial charge in [-0.1, -0.05) is 42.6 Å². The molecule has 7 heteroatoms. The molecule has 0 radical (unpaired) electrons. The molecule has 1 fully saturated rings. The second-order valence-corrected chi connectivity index (χ2v) is 11.1. The van der Waals surface area contributed by atoms with E-state index >= 15 is 0 Å². The molecule has 1 aliphatic carbocycles. The van der Waals surface area contributed by atoms with E-state index in [1.54, 1.807) is 35.6 Å². The van der Waals surface area contributed by atoms with Crippen molar-refractivity contribution in [2.24, 2.45) is 0 Å². The van der Waals surface area contributed by atoms with Gasteiger partial charge < -0.3 is 9.64 Å². The van der Waals surface area contributed by atoms with Crippen LogP contribution in [0.15, 0.2) is 33.6 Å². The number of ether oxygens (including phenoxy) is 1. The van der Waals surface area contributed by atoms with Gasteiger partial charge in [-0.05, 0) is 82.4 Å². The van der Waals surface area contributed by atoms with E-state index in [-0.39, 0.29) is 12.1 Å². The predicted molar refractivity (Wildman–Crippen MR) is 127 cm³/mol. The first kappa shape index (κ1) is 25.8. The quantitative estimate of drug-likeness (QED) is 0.343. The summed E-state index contributed by atoms with van der Waals surface area (Å²) < 4.78 is 34.3. The molecule has 5 nitrogen and oxygen atoms in total. The monoisotopic (exact) mass is 502 g/mol. The molecule has 30 heavy (non-hydrogen) atoms. The highest BCUT2D eigenvalue weighted by Crippen LogP contribution is 2.28. The van der Waals surface area contributed by atoms with Crippen LogP contribution in [0.1, 0.15) is 65.2 Å². The van der Waals surface area contributed by atoms with Crippen molar-refractivity contribution in [3.05, 3.63) is 28.7 Å². The van der Waals surface area contributed by atoms with Crippen molar-refractivity contribution < 1.29 is 13.2 Å². The average Bonchev–Trinajstić information content (AvgIpc) is 2.76. The maximum Gasteiger partial charge on any atom is 0.243 e. The van der Waals surface area contributed by atoms with E-state index in [1.807, 2.05) is 0 Å². The van der Waals surface area contributed by atoms with Crippen LogP contribution in [0.5, 0.6) is 0 Å². The SMILES string of the molecule is CCN(CC)CCCCCCOC1CCC(N(C)S(=O)(=O)c2ccc(Br)cc2)CC1. The number of hydrogen-bond acceptors (Lipinski definition) is 4. The van der Waals surface area contributed by atoms with Crippen LogP contribution in [0.25, 0.3) is 0 Å². The highest BCUT2D eigenvalue weighted by atomic mass is 79.9. The zero-order chi connectivity index (χ0) is 22.0. The minimum absolute atomic E-state index is 0.0542. The van der Waals surface area contributed by atoms with E-state index in [1.165, 1.54) is 25.8 Å². The lowest BCUT2D eigenvalue weighted by atomic mass is 9.93. The Balaban J connectivity index is 1.64. The van der Waals surface area contributed by atoms with Crippen molar-refractivity contribution in [1.82, 2.24) is 9.21 Å². The fraction of sp³-hybridized carbons (Fsp3) is 0.739. The molecule has 0 bridgehead atoms. The minimum atomic E-state index is -3.44. The van der Waals surface area contributed by atoms with Gasteiger partial charge in [0.15, 0.2) is 0 Å². The van der Waals surface area contributed by atoms with Crippen molar-refractivity contribution in [2.45, 2.75) is 82.3 Å². The van der Waals surface area contributed by atoms with Crippen molar-refractivity contribution >= 4 is 26.0 Å². The van der Waals surface area contributed by atoms with Crippen LogP contribution in [-0.4, -0.2) is 63.1 Å². The second kappa shape index (κ2) is 13.2. The lowest BCUT2D eigenvalue weighted by Crippen LogP contribution is -2.40. The maximum absolute atomic E-state index is 12.9. The summed E-state index contributed by atoms with van der Waals surface area (Å²) in [6, 6.07) is 6.92. The van der Waals surface area contributed by atoms with Gasteiger partial charge in [0.05, 0.1) is 11.0 Å². The van der Waals surface area contributed by atoms with E-state index in [4.69, 9.17) is 4.74 Å². The van der Waals surface area contributed by atoms with Crippen LogP contribution >= 0.6 is 15.9 Å². The summed E-state index contributed by atoms with van der Waals surface area (Å²) in [4.78, 5) is 2.83. The first-order chi connectivity index (χ1) is 14.4. The van der Waals surface area contributed by atoms with Gasteiger partial charge in [-0.3, -0.25) is 0 Å². The molecule has 1 aromatic carbocycles. The molecule has 0 atom stereocenters. The molecule has 0 spiro atoms. The second-order valence-electron chi connectivity index (χ2n) is 8.22. The van der Waals surface area contributed by atoms with Gasteiger partial charge in [0.2, 0.25) is 10.0 Å². The molecule has 0 N–H and O–H groups in total. The summed E-state index contributed by atoms with van der Waals surface area (Å²) in [7, 11) is -1.73. The summed E-state index contributed by atoms with van der Waals surface area (Å²) in [6.45, 7) is 8.76. The molecule has 2 rings (SSSR count). The number of benzene rings is 1. The number of halogens is 1. The van der Waals surface area contributed by atoms with E-state index in [2.05, 4.69) is 34.7 Å². The Hall–Kier alpha value is -0.470. The molecule has 0 aromatic heterocycles. The van der Waals surface area contributed by atoms with Crippen LogP contribution in [0.3, 0.4) is 0 Å². The number of rotatable bonds is 13. The summed E-state index contributed by atoms with van der Waals surface area (Å²) in [5.41, 5.74) is 0. The molecule has 1 saturated carbocycles. The van der Waals surface area contributed by atoms with Crippen LogP contribution in [0.2, 0.25) is 0 Å². The topological polar surface area (TPSA) is 49.9 Å². The summed E-state index contributed by atoms with van der Waals surface area (Å²) in [6.07, 6.45) is 8.76. The molecule has 1 aromatic rings. The van der Waals surface area contributed by atoms with Crippen molar-refractivity contribution in [3.63, 3.8) is 0 Å². The van der Waals surface area contributed by atoms with Gasteiger partial charge in [-0.2, -0.15) is 4.31 Å². The van der Waals surface area contributed by atoms with Gasteiger partial charge in [0.25, 0.3) is 0 Å². The van der Waals surface area contributed by atoms with Crippen LogP contribution in [0.4, 0.5) is 0 Å². The molecule has 0 saturated heterocycles. The van der Waals surface area contributed by atoms with Gasteiger partial charge in [-0.25, -0.2) is 8.42 Å². The molecule has 0 heterocycles. The van der Waals surface area contributed by atoms with Gasteiger partial charge >= 0.3 is 0 Å². The van der Waals surface area contributed by atoms with Gasteiger partial charge in [0, 0.05) is 24.2 Å². The summed E-state index contributed by atoms with van der Waals surface area (Å²) >= 11 is 3.36. The van der Waals surface area contributed by atoms with Crippen LogP contribution < -0.4 is 0 Å². The smallest absolute Gasteiger partial charge is 0.243 e. The molecule has 1 aliphatic rings. The standard InChI is InChI=1S/C23H39BrN2O3S/c1-4-26(5-2)18-8-6-7-9-19-29-22-14-12-21(13-15-22)25(3)30(27,28)23-16-10-20(24)11-17-23/h10-11,16-17,21-22H,4-9,12-15,18-19H2,1-3H3. The number of hydrogen-bond donors (Lipinski definition) is 0. The maximum atomic E-state index is 12.9.